The number of aromatic nitrogens is 1. The van der Waals surface area contributed by atoms with Crippen molar-refractivity contribution in [2.45, 2.75) is 25.7 Å². The molecule has 1 atom stereocenters. The quantitative estimate of drug-likeness (QED) is 0.849. The summed E-state index contributed by atoms with van der Waals surface area (Å²) in [5, 5.41) is 3.19. The number of amides is 1. The summed E-state index contributed by atoms with van der Waals surface area (Å²) in [4.78, 5) is 18.6. The fraction of sp³-hybridized carbons (Fsp3) is 0.474. The minimum Gasteiger partial charge on any atom is -0.441 e. The number of carbonyl (C=O) groups is 1. The van der Waals surface area contributed by atoms with E-state index in [4.69, 9.17) is 4.42 Å². The van der Waals surface area contributed by atoms with Gasteiger partial charge in [-0.1, -0.05) is 30.3 Å². The highest BCUT2D eigenvalue weighted by atomic mass is 16.4. The molecule has 1 aromatic heterocycles. The second kappa shape index (κ2) is 8.11. The molecule has 0 spiro atoms. The molecule has 1 aromatic carbocycles. The predicted octanol–water partition coefficient (Wildman–Crippen LogP) is 2.73. The SMILES string of the molecule is CNCC1CCN(C(=O)CCCc2ncc(-c3ccccc3)o2)C1. The number of hydrogen-bond donors (Lipinski definition) is 1. The smallest absolute Gasteiger partial charge is 0.222 e. The van der Waals surface area contributed by atoms with Crippen molar-refractivity contribution < 1.29 is 9.21 Å². The third-order valence-corrected chi connectivity index (χ3v) is 4.52. The molecular weight excluding hydrogens is 302 g/mol. The third-order valence-electron chi connectivity index (χ3n) is 4.52. The van der Waals surface area contributed by atoms with E-state index in [1.54, 1.807) is 6.20 Å². The van der Waals surface area contributed by atoms with E-state index >= 15 is 0 Å². The average molecular weight is 327 g/mol. The van der Waals surface area contributed by atoms with Gasteiger partial charge in [-0.3, -0.25) is 4.79 Å². The Morgan fingerprint density at radius 2 is 2.21 bits per heavy atom. The van der Waals surface area contributed by atoms with Crippen LogP contribution in [0.2, 0.25) is 0 Å². The van der Waals surface area contributed by atoms with Gasteiger partial charge in [-0.2, -0.15) is 0 Å². The van der Waals surface area contributed by atoms with Crippen molar-refractivity contribution in [3.8, 4) is 11.3 Å². The van der Waals surface area contributed by atoms with Crippen LogP contribution in [-0.4, -0.2) is 42.5 Å². The summed E-state index contributed by atoms with van der Waals surface area (Å²) < 4.78 is 5.78. The molecular formula is C19H25N3O2. The zero-order chi connectivity index (χ0) is 16.8. The van der Waals surface area contributed by atoms with Crippen LogP contribution in [0.4, 0.5) is 0 Å². The number of nitrogens with one attached hydrogen (secondary N) is 1. The first kappa shape index (κ1) is 16.7. The van der Waals surface area contributed by atoms with Crippen molar-refractivity contribution in [1.29, 1.82) is 0 Å². The van der Waals surface area contributed by atoms with Gasteiger partial charge in [-0.25, -0.2) is 4.98 Å². The average Bonchev–Trinajstić information content (AvgIpc) is 3.26. The maximum Gasteiger partial charge on any atom is 0.222 e. The van der Waals surface area contributed by atoms with Gasteiger partial charge in [0.15, 0.2) is 11.7 Å². The summed E-state index contributed by atoms with van der Waals surface area (Å²) in [5.41, 5.74) is 1.03. The maximum atomic E-state index is 12.3. The van der Waals surface area contributed by atoms with Gasteiger partial charge in [0.25, 0.3) is 0 Å². The van der Waals surface area contributed by atoms with Crippen LogP contribution in [0, 0.1) is 5.92 Å². The first-order valence-electron chi connectivity index (χ1n) is 8.69. The van der Waals surface area contributed by atoms with Crippen molar-refractivity contribution in [3.05, 3.63) is 42.4 Å². The minimum atomic E-state index is 0.253. The molecule has 0 radical (unpaired) electrons. The van der Waals surface area contributed by atoms with Gasteiger partial charge in [0, 0.05) is 31.5 Å². The van der Waals surface area contributed by atoms with Gasteiger partial charge in [-0.15, -0.1) is 0 Å². The van der Waals surface area contributed by atoms with E-state index in [1.807, 2.05) is 42.3 Å². The number of oxazole rings is 1. The van der Waals surface area contributed by atoms with E-state index < -0.39 is 0 Å². The van der Waals surface area contributed by atoms with E-state index in [1.165, 1.54) is 0 Å². The number of carbonyl (C=O) groups excluding carboxylic acids is 1. The lowest BCUT2D eigenvalue weighted by Gasteiger charge is -2.16. The monoisotopic (exact) mass is 327 g/mol. The number of rotatable bonds is 7. The first-order valence-corrected chi connectivity index (χ1v) is 8.69. The van der Waals surface area contributed by atoms with Crippen LogP contribution in [0.25, 0.3) is 11.3 Å². The van der Waals surface area contributed by atoms with Crippen LogP contribution in [0.15, 0.2) is 40.9 Å². The molecule has 1 aliphatic rings. The number of nitrogens with zero attached hydrogens (tertiary/aromatic N) is 2. The van der Waals surface area contributed by atoms with E-state index in [9.17, 15) is 4.79 Å². The van der Waals surface area contributed by atoms with E-state index in [0.29, 0.717) is 24.7 Å². The second-order valence-electron chi connectivity index (χ2n) is 6.39. The predicted molar refractivity (Wildman–Crippen MR) is 93.5 cm³/mol. The molecule has 0 bridgehead atoms. The molecule has 2 aromatic rings. The number of likely N-dealkylation sites (tertiary alicyclic amines) is 1. The lowest BCUT2D eigenvalue weighted by molar-refractivity contribution is -0.130. The van der Waals surface area contributed by atoms with Gasteiger partial charge in [0.05, 0.1) is 6.20 Å². The van der Waals surface area contributed by atoms with Crippen LogP contribution >= 0.6 is 0 Å². The maximum absolute atomic E-state index is 12.3. The molecule has 1 aliphatic heterocycles. The summed E-state index contributed by atoms with van der Waals surface area (Å²) in [6, 6.07) is 9.94. The molecule has 24 heavy (non-hydrogen) atoms. The Bertz CT molecular complexity index is 654. The van der Waals surface area contributed by atoms with Crippen molar-refractivity contribution in [3.63, 3.8) is 0 Å². The molecule has 5 heteroatoms. The Labute approximate surface area is 143 Å². The zero-order valence-corrected chi connectivity index (χ0v) is 14.2. The fourth-order valence-corrected chi connectivity index (χ4v) is 3.23. The molecule has 128 valence electrons. The largest absolute Gasteiger partial charge is 0.441 e. The van der Waals surface area contributed by atoms with Gasteiger partial charge in [0.2, 0.25) is 5.91 Å². The van der Waals surface area contributed by atoms with Crippen LogP contribution in [0.3, 0.4) is 0 Å². The van der Waals surface area contributed by atoms with Gasteiger partial charge < -0.3 is 14.6 Å². The van der Waals surface area contributed by atoms with Gasteiger partial charge in [-0.05, 0) is 32.4 Å². The molecule has 1 fully saturated rings. The molecule has 5 nitrogen and oxygen atoms in total. The summed E-state index contributed by atoms with van der Waals surface area (Å²) in [6.45, 7) is 2.77. The molecule has 0 saturated carbocycles. The Morgan fingerprint density at radius 1 is 1.38 bits per heavy atom. The third kappa shape index (κ3) is 4.23. The van der Waals surface area contributed by atoms with Crippen molar-refractivity contribution in [2.24, 2.45) is 5.92 Å². The van der Waals surface area contributed by atoms with Crippen LogP contribution in [-0.2, 0) is 11.2 Å². The Balaban J connectivity index is 1.44. The number of aryl methyl sites for hydroxylation is 1. The van der Waals surface area contributed by atoms with E-state index in [2.05, 4.69) is 10.3 Å². The fourth-order valence-electron chi connectivity index (χ4n) is 3.23. The topological polar surface area (TPSA) is 58.4 Å². The molecule has 1 amide bonds. The summed E-state index contributed by atoms with van der Waals surface area (Å²) >= 11 is 0. The number of hydrogen-bond acceptors (Lipinski definition) is 4. The summed E-state index contributed by atoms with van der Waals surface area (Å²) in [7, 11) is 1.96. The van der Waals surface area contributed by atoms with Crippen molar-refractivity contribution >= 4 is 5.91 Å². The van der Waals surface area contributed by atoms with Gasteiger partial charge in [0.1, 0.15) is 0 Å². The van der Waals surface area contributed by atoms with Crippen LogP contribution < -0.4 is 5.32 Å². The number of benzene rings is 1. The molecule has 2 heterocycles. The van der Waals surface area contributed by atoms with Crippen molar-refractivity contribution in [2.75, 3.05) is 26.7 Å². The van der Waals surface area contributed by atoms with E-state index in [0.717, 1.165) is 43.8 Å². The Morgan fingerprint density at radius 3 is 3.00 bits per heavy atom. The first-order chi connectivity index (χ1) is 11.8. The summed E-state index contributed by atoms with van der Waals surface area (Å²) in [5.74, 6) is 2.34. The molecule has 1 unspecified atom stereocenters. The summed E-state index contributed by atoms with van der Waals surface area (Å²) in [6.07, 6.45) is 4.91. The highest BCUT2D eigenvalue weighted by molar-refractivity contribution is 5.76. The highest BCUT2D eigenvalue weighted by Gasteiger charge is 2.25. The lowest BCUT2D eigenvalue weighted by Crippen LogP contribution is -2.30. The zero-order valence-electron chi connectivity index (χ0n) is 14.2. The van der Waals surface area contributed by atoms with Gasteiger partial charge >= 0.3 is 0 Å². The minimum absolute atomic E-state index is 0.253. The normalized spacial score (nSPS) is 17.4. The highest BCUT2D eigenvalue weighted by Crippen LogP contribution is 2.21. The molecule has 3 rings (SSSR count). The lowest BCUT2D eigenvalue weighted by atomic mass is 10.1. The Hall–Kier alpha value is -2.14. The van der Waals surface area contributed by atoms with Crippen molar-refractivity contribution in [1.82, 2.24) is 15.2 Å². The standard InChI is InChI=1S/C19H25N3O2/c1-20-12-15-10-11-22(14-15)19(23)9-5-8-18-21-13-17(24-18)16-6-3-2-4-7-16/h2-4,6-7,13,15,20H,5,8-12,14H2,1H3. The molecule has 0 aliphatic carbocycles. The van der Waals surface area contributed by atoms with E-state index in [-0.39, 0.29) is 5.91 Å². The van der Waals surface area contributed by atoms with Crippen LogP contribution in [0.1, 0.15) is 25.2 Å². The van der Waals surface area contributed by atoms with Crippen LogP contribution in [0.5, 0.6) is 0 Å². The Kier molecular flexibility index (Phi) is 5.64. The molecule has 1 saturated heterocycles. The molecule has 1 N–H and O–H groups in total. The second-order valence-corrected chi connectivity index (χ2v) is 6.39.